The standard InChI is InChI=1S/C15H17NO5/c1-9-4-5-10-7-12(21-15(18)11(10)6-9)14(17)16-8-13(19-2)20-3/h4-7,13H,8H2,1-3H3,(H,16,17). The van der Waals surface area contributed by atoms with Crippen LogP contribution in [-0.4, -0.2) is 33.0 Å². The fourth-order valence-corrected chi connectivity index (χ4v) is 1.94. The fourth-order valence-electron chi connectivity index (χ4n) is 1.94. The summed E-state index contributed by atoms with van der Waals surface area (Å²) in [6.45, 7) is 2.04. The number of ether oxygens (including phenoxy) is 2. The van der Waals surface area contributed by atoms with Gasteiger partial charge in [-0.1, -0.05) is 17.7 Å². The van der Waals surface area contributed by atoms with Gasteiger partial charge in [-0.15, -0.1) is 0 Å². The van der Waals surface area contributed by atoms with Gasteiger partial charge in [0.2, 0.25) is 0 Å². The van der Waals surface area contributed by atoms with Crippen LogP contribution in [0, 0.1) is 6.92 Å². The van der Waals surface area contributed by atoms with Crippen molar-refractivity contribution in [3.05, 3.63) is 46.0 Å². The average molecular weight is 291 g/mol. The first-order chi connectivity index (χ1) is 10.0. The summed E-state index contributed by atoms with van der Waals surface area (Å²) < 4.78 is 15.0. The number of nitrogens with one attached hydrogen (secondary N) is 1. The highest BCUT2D eigenvalue weighted by Crippen LogP contribution is 2.14. The van der Waals surface area contributed by atoms with Gasteiger partial charge < -0.3 is 19.2 Å². The van der Waals surface area contributed by atoms with Gasteiger partial charge in [0, 0.05) is 14.2 Å². The summed E-state index contributed by atoms with van der Waals surface area (Å²) in [5, 5.41) is 3.70. The van der Waals surface area contributed by atoms with Crippen LogP contribution in [0.5, 0.6) is 0 Å². The zero-order valence-corrected chi connectivity index (χ0v) is 12.1. The smallest absolute Gasteiger partial charge is 0.344 e. The second-order valence-corrected chi connectivity index (χ2v) is 4.60. The minimum absolute atomic E-state index is 0.0395. The zero-order chi connectivity index (χ0) is 15.4. The number of fused-ring (bicyclic) bond motifs is 1. The van der Waals surface area contributed by atoms with Crippen molar-refractivity contribution < 1.29 is 18.7 Å². The Kier molecular flexibility index (Phi) is 4.72. The monoisotopic (exact) mass is 291 g/mol. The maximum Gasteiger partial charge on any atom is 0.344 e. The second kappa shape index (κ2) is 6.51. The van der Waals surface area contributed by atoms with E-state index in [-0.39, 0.29) is 12.3 Å². The Labute approximate surface area is 121 Å². The number of amides is 1. The first-order valence-electron chi connectivity index (χ1n) is 6.43. The van der Waals surface area contributed by atoms with E-state index in [1.165, 1.54) is 14.2 Å². The van der Waals surface area contributed by atoms with Crippen LogP contribution in [0.3, 0.4) is 0 Å². The highest BCUT2D eigenvalue weighted by atomic mass is 16.7. The van der Waals surface area contributed by atoms with E-state index in [4.69, 9.17) is 13.9 Å². The molecule has 0 fully saturated rings. The summed E-state index contributed by atoms with van der Waals surface area (Å²) in [6, 6.07) is 6.93. The summed E-state index contributed by atoms with van der Waals surface area (Å²) in [7, 11) is 2.94. The molecule has 1 amide bonds. The molecule has 0 unspecified atom stereocenters. The van der Waals surface area contributed by atoms with E-state index >= 15 is 0 Å². The van der Waals surface area contributed by atoms with Crippen molar-refractivity contribution in [2.45, 2.75) is 13.2 Å². The van der Waals surface area contributed by atoms with Crippen LogP contribution in [0.2, 0.25) is 0 Å². The highest BCUT2D eigenvalue weighted by Gasteiger charge is 2.14. The van der Waals surface area contributed by atoms with Crippen LogP contribution in [0.15, 0.2) is 33.5 Å². The molecule has 0 aliphatic heterocycles. The molecule has 1 N–H and O–H groups in total. The van der Waals surface area contributed by atoms with Crippen molar-refractivity contribution in [1.82, 2.24) is 5.32 Å². The number of carbonyl (C=O) groups excluding carboxylic acids is 1. The largest absolute Gasteiger partial charge is 0.417 e. The van der Waals surface area contributed by atoms with Gasteiger partial charge in [0.25, 0.3) is 5.91 Å². The van der Waals surface area contributed by atoms with Gasteiger partial charge in [-0.3, -0.25) is 4.79 Å². The van der Waals surface area contributed by atoms with E-state index in [2.05, 4.69) is 5.32 Å². The predicted octanol–water partition coefficient (Wildman–Crippen LogP) is 1.45. The molecule has 1 aromatic carbocycles. The third kappa shape index (κ3) is 3.48. The molecule has 1 aromatic heterocycles. The van der Waals surface area contributed by atoms with Crippen molar-refractivity contribution in [2.75, 3.05) is 20.8 Å². The third-order valence-electron chi connectivity index (χ3n) is 3.10. The number of aryl methyl sites for hydroxylation is 1. The van der Waals surface area contributed by atoms with Gasteiger partial charge >= 0.3 is 5.63 Å². The molecule has 1 heterocycles. The first kappa shape index (κ1) is 15.2. The summed E-state index contributed by atoms with van der Waals surface area (Å²) in [4.78, 5) is 23.9. The highest BCUT2D eigenvalue weighted by molar-refractivity contribution is 5.95. The van der Waals surface area contributed by atoms with Crippen molar-refractivity contribution in [1.29, 1.82) is 0 Å². The van der Waals surface area contributed by atoms with Gasteiger partial charge in [0.1, 0.15) is 0 Å². The summed E-state index contributed by atoms with van der Waals surface area (Å²) >= 11 is 0. The van der Waals surface area contributed by atoms with E-state index < -0.39 is 17.8 Å². The Bertz CT molecular complexity index is 703. The van der Waals surface area contributed by atoms with Crippen LogP contribution in [0.1, 0.15) is 16.1 Å². The molecule has 21 heavy (non-hydrogen) atoms. The van der Waals surface area contributed by atoms with Gasteiger partial charge in [0.05, 0.1) is 11.9 Å². The Hall–Kier alpha value is -2.18. The Balaban J connectivity index is 2.24. The quantitative estimate of drug-likeness (QED) is 0.844. The summed E-state index contributed by atoms with van der Waals surface area (Å²) in [5.41, 5.74) is 0.423. The van der Waals surface area contributed by atoms with E-state index in [1.807, 2.05) is 13.0 Å². The molecule has 2 rings (SSSR count). The molecule has 0 radical (unpaired) electrons. The van der Waals surface area contributed by atoms with Gasteiger partial charge in [-0.25, -0.2) is 4.79 Å². The molecule has 0 bridgehead atoms. The molecular formula is C15H17NO5. The normalized spacial score (nSPS) is 11.0. The Morgan fingerprint density at radius 1 is 1.29 bits per heavy atom. The lowest BCUT2D eigenvalue weighted by Crippen LogP contribution is -2.34. The third-order valence-corrected chi connectivity index (χ3v) is 3.10. The van der Waals surface area contributed by atoms with Crippen molar-refractivity contribution in [2.24, 2.45) is 0 Å². The molecule has 0 aliphatic rings. The van der Waals surface area contributed by atoms with Gasteiger partial charge in [0.15, 0.2) is 12.1 Å². The van der Waals surface area contributed by atoms with Gasteiger partial charge in [-0.2, -0.15) is 0 Å². The SMILES string of the molecule is COC(CNC(=O)c1cc2ccc(C)cc2c(=O)o1)OC. The van der Waals surface area contributed by atoms with Crippen LogP contribution >= 0.6 is 0 Å². The van der Waals surface area contributed by atoms with Crippen LogP contribution < -0.4 is 10.9 Å². The molecule has 6 heteroatoms. The number of carbonyl (C=O) groups is 1. The zero-order valence-electron chi connectivity index (χ0n) is 12.1. The number of benzene rings is 1. The number of methoxy groups -OCH3 is 2. The van der Waals surface area contributed by atoms with Crippen molar-refractivity contribution in [3.63, 3.8) is 0 Å². The number of hydrogen-bond donors (Lipinski definition) is 1. The topological polar surface area (TPSA) is 77.8 Å². The molecule has 0 atom stereocenters. The molecule has 0 aliphatic carbocycles. The van der Waals surface area contributed by atoms with Crippen molar-refractivity contribution >= 4 is 16.7 Å². The number of rotatable bonds is 5. The molecule has 0 saturated carbocycles. The summed E-state index contributed by atoms with van der Waals surface area (Å²) in [5.74, 6) is -0.531. The fraction of sp³-hybridized carbons (Fsp3) is 0.333. The molecule has 112 valence electrons. The molecule has 6 nitrogen and oxygen atoms in total. The molecular weight excluding hydrogens is 274 g/mol. The lowest BCUT2D eigenvalue weighted by molar-refractivity contribution is -0.0975. The minimum Gasteiger partial charge on any atom is -0.417 e. The maximum absolute atomic E-state index is 12.0. The van der Waals surface area contributed by atoms with E-state index in [1.54, 1.807) is 18.2 Å². The lowest BCUT2D eigenvalue weighted by Gasteiger charge is -2.13. The summed E-state index contributed by atoms with van der Waals surface area (Å²) in [6.07, 6.45) is -0.552. The maximum atomic E-state index is 12.0. The second-order valence-electron chi connectivity index (χ2n) is 4.60. The van der Waals surface area contributed by atoms with Gasteiger partial charge in [-0.05, 0) is 24.4 Å². The van der Waals surface area contributed by atoms with Crippen molar-refractivity contribution in [3.8, 4) is 0 Å². The van der Waals surface area contributed by atoms with E-state index in [9.17, 15) is 9.59 Å². The molecule has 2 aromatic rings. The average Bonchev–Trinajstić information content (AvgIpc) is 2.48. The Morgan fingerprint density at radius 2 is 2.00 bits per heavy atom. The Morgan fingerprint density at radius 3 is 2.67 bits per heavy atom. The van der Waals surface area contributed by atoms with Crippen LogP contribution in [-0.2, 0) is 9.47 Å². The van der Waals surface area contributed by atoms with E-state index in [0.29, 0.717) is 10.8 Å². The molecule has 0 spiro atoms. The number of hydrogen-bond acceptors (Lipinski definition) is 5. The lowest BCUT2D eigenvalue weighted by atomic mass is 10.1. The molecule has 0 saturated heterocycles. The van der Waals surface area contributed by atoms with Crippen LogP contribution in [0.4, 0.5) is 0 Å². The first-order valence-corrected chi connectivity index (χ1v) is 6.43. The van der Waals surface area contributed by atoms with Crippen LogP contribution in [0.25, 0.3) is 10.8 Å². The minimum atomic E-state index is -0.552. The predicted molar refractivity (Wildman–Crippen MR) is 77.4 cm³/mol. The van der Waals surface area contributed by atoms with E-state index in [0.717, 1.165) is 5.56 Å².